The Balaban J connectivity index is 1.26. The Hall–Kier alpha value is -2.18. The number of nitrogens with one attached hydrogen (secondary N) is 1. The van der Waals surface area contributed by atoms with Crippen molar-refractivity contribution in [2.45, 2.75) is 38.0 Å². The summed E-state index contributed by atoms with van der Waals surface area (Å²) >= 11 is 0. The largest absolute Gasteiger partial charge is 0.459 e. The van der Waals surface area contributed by atoms with Crippen molar-refractivity contribution in [3.05, 3.63) is 59.3 Å². The number of aryl methyl sites for hydroxylation is 1. The monoisotopic (exact) mass is 384 g/mol. The van der Waals surface area contributed by atoms with Gasteiger partial charge in [0, 0.05) is 49.1 Å². The summed E-state index contributed by atoms with van der Waals surface area (Å²) in [5.74, 6) is 0.724. The number of ether oxygens (including phenoxy) is 1. The minimum absolute atomic E-state index is 0.133. The van der Waals surface area contributed by atoms with Crippen molar-refractivity contribution in [3.8, 4) is 0 Å². The number of fused-ring (bicyclic) bond motifs is 1. The van der Waals surface area contributed by atoms with E-state index in [0.717, 1.165) is 37.1 Å². The van der Waals surface area contributed by atoms with E-state index in [2.05, 4.69) is 10.2 Å². The van der Waals surface area contributed by atoms with Crippen LogP contribution in [0.15, 0.2) is 41.0 Å². The normalized spacial score (nSPS) is 31.3. The van der Waals surface area contributed by atoms with E-state index in [1.54, 1.807) is 12.1 Å². The molecule has 4 heterocycles. The molecule has 0 saturated carbocycles. The molecule has 5 rings (SSSR count). The molecule has 5 nitrogen and oxygen atoms in total. The quantitative estimate of drug-likeness (QED) is 0.861. The third kappa shape index (κ3) is 2.86. The van der Waals surface area contributed by atoms with Gasteiger partial charge in [-0.15, -0.1) is 0 Å². The number of hydrogen-bond acceptors (Lipinski definition) is 4. The topological polar surface area (TPSA) is 54.7 Å². The number of nitrogens with zero attached hydrogens (tertiary/aromatic N) is 1. The number of halogens is 1. The van der Waals surface area contributed by atoms with Gasteiger partial charge in [0.05, 0.1) is 18.0 Å². The number of furan rings is 1. The van der Waals surface area contributed by atoms with Gasteiger partial charge in [-0.1, -0.05) is 18.2 Å². The average molecular weight is 384 g/mol. The number of carbonyl (C=O) groups is 1. The maximum Gasteiger partial charge on any atom is 0.287 e. The Morgan fingerprint density at radius 1 is 1.36 bits per heavy atom. The predicted molar refractivity (Wildman–Crippen MR) is 101 cm³/mol. The second kappa shape index (κ2) is 6.71. The first-order chi connectivity index (χ1) is 13.6. The van der Waals surface area contributed by atoms with Crippen LogP contribution in [0.3, 0.4) is 0 Å². The summed E-state index contributed by atoms with van der Waals surface area (Å²) in [6.45, 7) is 4.77. The fraction of sp³-hybridized carbons (Fsp3) is 0.500. The van der Waals surface area contributed by atoms with E-state index in [4.69, 9.17) is 9.15 Å². The molecular formula is C22H25FN2O3. The van der Waals surface area contributed by atoms with Crippen LogP contribution in [0.4, 0.5) is 4.39 Å². The molecule has 0 unspecified atom stereocenters. The van der Waals surface area contributed by atoms with E-state index in [-0.39, 0.29) is 23.4 Å². The van der Waals surface area contributed by atoms with Crippen molar-refractivity contribution >= 4 is 5.91 Å². The summed E-state index contributed by atoms with van der Waals surface area (Å²) in [5, 5.41) is 3.04. The van der Waals surface area contributed by atoms with Gasteiger partial charge in [-0.3, -0.25) is 9.69 Å². The summed E-state index contributed by atoms with van der Waals surface area (Å²) < 4.78 is 25.8. The average Bonchev–Trinajstić information content (AvgIpc) is 3.42. The van der Waals surface area contributed by atoms with E-state index in [0.29, 0.717) is 30.7 Å². The Labute approximate surface area is 163 Å². The maximum absolute atomic E-state index is 14.1. The lowest BCUT2D eigenvalue weighted by atomic mass is 9.73. The second-order valence-corrected chi connectivity index (χ2v) is 8.43. The third-order valence-corrected chi connectivity index (χ3v) is 6.77. The van der Waals surface area contributed by atoms with Crippen molar-refractivity contribution in [3.63, 3.8) is 0 Å². The molecule has 1 N–H and O–H groups in total. The van der Waals surface area contributed by atoms with Crippen molar-refractivity contribution in [1.29, 1.82) is 0 Å². The van der Waals surface area contributed by atoms with E-state index in [9.17, 15) is 9.18 Å². The zero-order valence-electron chi connectivity index (χ0n) is 16.0. The molecule has 2 aromatic rings. The maximum atomic E-state index is 14.1. The van der Waals surface area contributed by atoms with Crippen molar-refractivity contribution in [1.82, 2.24) is 10.2 Å². The zero-order chi connectivity index (χ0) is 19.3. The van der Waals surface area contributed by atoms with Crippen LogP contribution in [0.5, 0.6) is 0 Å². The highest BCUT2D eigenvalue weighted by Gasteiger charge is 2.62. The lowest BCUT2D eigenvalue weighted by molar-refractivity contribution is 0.00204. The van der Waals surface area contributed by atoms with Crippen LogP contribution < -0.4 is 5.32 Å². The molecule has 1 amide bonds. The van der Waals surface area contributed by atoms with Crippen molar-refractivity contribution < 1.29 is 18.3 Å². The van der Waals surface area contributed by atoms with E-state index in [1.807, 2.05) is 19.1 Å². The van der Waals surface area contributed by atoms with Crippen LogP contribution in [0.2, 0.25) is 0 Å². The molecule has 4 atom stereocenters. The second-order valence-electron chi connectivity index (χ2n) is 8.43. The Morgan fingerprint density at radius 2 is 2.21 bits per heavy atom. The van der Waals surface area contributed by atoms with Crippen LogP contribution in [0.1, 0.15) is 34.5 Å². The van der Waals surface area contributed by atoms with Gasteiger partial charge in [0.25, 0.3) is 5.91 Å². The molecule has 2 bridgehead atoms. The molecule has 3 fully saturated rings. The first-order valence-corrected chi connectivity index (χ1v) is 10.0. The highest BCUT2D eigenvalue weighted by atomic mass is 19.1. The highest BCUT2D eigenvalue weighted by molar-refractivity contribution is 5.92. The van der Waals surface area contributed by atoms with Gasteiger partial charge >= 0.3 is 0 Å². The van der Waals surface area contributed by atoms with E-state index >= 15 is 0 Å². The first kappa shape index (κ1) is 17.9. The molecule has 3 saturated heterocycles. The number of hydrogen-bond donors (Lipinski definition) is 1. The molecule has 1 spiro atoms. The number of likely N-dealkylation sites (tertiary alicyclic amines) is 1. The van der Waals surface area contributed by atoms with Gasteiger partial charge in [0.1, 0.15) is 5.82 Å². The standard InChI is InChI=1S/C22H25FN2O3/c1-14-7-9-27-20(14)21(26)24-10-16-17-12-25(11-15-4-2-3-5-18(15)23)13-22(17)8-6-19(16)28-22/h2-5,7,9,16-17,19H,6,8,10-13H2,1H3,(H,24,26)/t16-,17+,19+,22+/m0/s1. The predicted octanol–water partition coefficient (Wildman–Crippen LogP) is 3.14. The number of rotatable bonds is 5. The van der Waals surface area contributed by atoms with E-state index < -0.39 is 0 Å². The summed E-state index contributed by atoms with van der Waals surface area (Å²) in [7, 11) is 0. The molecule has 148 valence electrons. The van der Waals surface area contributed by atoms with Crippen LogP contribution in [-0.2, 0) is 11.3 Å². The smallest absolute Gasteiger partial charge is 0.287 e. The van der Waals surface area contributed by atoms with E-state index in [1.165, 1.54) is 12.3 Å². The molecule has 0 radical (unpaired) electrons. The van der Waals surface area contributed by atoms with Gasteiger partial charge in [-0.05, 0) is 31.9 Å². The Kier molecular flexibility index (Phi) is 4.29. The molecule has 6 heteroatoms. The van der Waals surface area contributed by atoms with Gasteiger partial charge < -0.3 is 14.5 Å². The van der Waals surface area contributed by atoms with Gasteiger partial charge in [-0.2, -0.15) is 0 Å². The van der Waals surface area contributed by atoms with Crippen molar-refractivity contribution in [2.75, 3.05) is 19.6 Å². The first-order valence-electron chi connectivity index (χ1n) is 10.0. The highest BCUT2D eigenvalue weighted by Crippen LogP contribution is 2.54. The molecule has 28 heavy (non-hydrogen) atoms. The Morgan fingerprint density at radius 3 is 3.00 bits per heavy atom. The summed E-state index contributed by atoms with van der Waals surface area (Å²) in [6, 6.07) is 8.76. The molecule has 3 aliphatic heterocycles. The molecule has 1 aromatic carbocycles. The van der Waals surface area contributed by atoms with Crippen LogP contribution >= 0.6 is 0 Å². The van der Waals surface area contributed by atoms with Gasteiger partial charge in [0.15, 0.2) is 5.76 Å². The van der Waals surface area contributed by atoms with Crippen LogP contribution in [0, 0.1) is 24.6 Å². The SMILES string of the molecule is Cc1ccoc1C(=O)NC[C@H]1[C@H]2CN(Cc3ccccc3F)C[C@]23CC[C@H]1O3. The van der Waals surface area contributed by atoms with Crippen LogP contribution in [0.25, 0.3) is 0 Å². The molecule has 3 aliphatic rings. The number of carbonyl (C=O) groups excluding carboxylic acids is 1. The fourth-order valence-electron chi connectivity index (χ4n) is 5.44. The molecule has 1 aromatic heterocycles. The third-order valence-electron chi connectivity index (χ3n) is 6.77. The molecule has 0 aliphatic carbocycles. The fourth-order valence-corrected chi connectivity index (χ4v) is 5.44. The number of benzene rings is 1. The molecular weight excluding hydrogens is 359 g/mol. The van der Waals surface area contributed by atoms with Crippen LogP contribution in [-0.4, -0.2) is 42.1 Å². The minimum Gasteiger partial charge on any atom is -0.459 e. The zero-order valence-corrected chi connectivity index (χ0v) is 16.0. The van der Waals surface area contributed by atoms with Crippen molar-refractivity contribution in [2.24, 2.45) is 11.8 Å². The number of amides is 1. The minimum atomic E-state index is -0.166. The Bertz CT molecular complexity index is 897. The summed E-state index contributed by atoms with van der Waals surface area (Å²) in [6.07, 6.45) is 3.83. The lowest BCUT2D eigenvalue weighted by Crippen LogP contribution is -2.41. The lowest BCUT2D eigenvalue weighted by Gasteiger charge is -2.29. The summed E-state index contributed by atoms with van der Waals surface area (Å²) in [4.78, 5) is 14.7. The summed E-state index contributed by atoms with van der Waals surface area (Å²) in [5.41, 5.74) is 1.44. The van der Waals surface area contributed by atoms with Gasteiger partial charge in [0.2, 0.25) is 0 Å². The van der Waals surface area contributed by atoms with Gasteiger partial charge in [-0.25, -0.2) is 4.39 Å².